The largest absolute Gasteiger partial charge is 0.490 e. The van der Waals surface area contributed by atoms with Gasteiger partial charge >= 0.3 is 12.1 Å². The molecule has 10 heteroatoms. The van der Waals surface area contributed by atoms with E-state index < -0.39 is 12.1 Å². The first-order valence-electron chi connectivity index (χ1n) is 13.1. The summed E-state index contributed by atoms with van der Waals surface area (Å²) in [5.41, 5.74) is 8.25. The highest BCUT2D eigenvalue weighted by Crippen LogP contribution is 2.26. The maximum absolute atomic E-state index is 10.6. The molecule has 0 aliphatic carbocycles. The van der Waals surface area contributed by atoms with Crippen LogP contribution in [0.1, 0.15) is 5.56 Å². The van der Waals surface area contributed by atoms with Crippen molar-refractivity contribution in [3.8, 4) is 22.5 Å². The second kappa shape index (κ2) is 12.2. The Labute approximate surface area is 234 Å². The van der Waals surface area contributed by atoms with E-state index in [1.165, 1.54) is 22.4 Å². The van der Waals surface area contributed by atoms with Crippen LogP contribution in [-0.2, 0) is 11.3 Å². The van der Waals surface area contributed by atoms with Crippen LogP contribution in [-0.4, -0.2) is 63.3 Å². The van der Waals surface area contributed by atoms with Gasteiger partial charge in [0.15, 0.2) is 0 Å². The summed E-state index contributed by atoms with van der Waals surface area (Å²) in [5, 5.41) is 7.12. The Morgan fingerprint density at radius 1 is 0.805 bits per heavy atom. The number of nitrogens with zero attached hydrogens (tertiary/aromatic N) is 4. The maximum Gasteiger partial charge on any atom is 0.490 e. The van der Waals surface area contributed by atoms with Gasteiger partial charge in [-0.3, -0.25) is 9.88 Å². The number of benzene rings is 3. The van der Waals surface area contributed by atoms with Crippen LogP contribution in [0.2, 0.25) is 0 Å². The van der Waals surface area contributed by atoms with Gasteiger partial charge in [-0.2, -0.15) is 13.2 Å². The van der Waals surface area contributed by atoms with Gasteiger partial charge < -0.3 is 15.0 Å². The molecule has 0 saturated carbocycles. The number of alkyl halides is 3. The average Bonchev–Trinajstić information content (AvgIpc) is 3.43. The fourth-order valence-corrected chi connectivity index (χ4v) is 4.69. The number of hydrogen-bond acceptors (Lipinski definition) is 5. The number of pyridine rings is 1. The summed E-state index contributed by atoms with van der Waals surface area (Å²) in [6.07, 6.45) is -1.34. The van der Waals surface area contributed by atoms with Crippen LogP contribution in [0.15, 0.2) is 97.3 Å². The Kier molecular flexibility index (Phi) is 8.30. The molecule has 6 rings (SSSR count). The third kappa shape index (κ3) is 7.09. The van der Waals surface area contributed by atoms with Crippen molar-refractivity contribution in [3.63, 3.8) is 0 Å². The third-order valence-electron chi connectivity index (χ3n) is 6.88. The normalized spacial score (nSPS) is 14.0. The van der Waals surface area contributed by atoms with Gasteiger partial charge in [0.25, 0.3) is 0 Å². The van der Waals surface area contributed by atoms with Crippen molar-refractivity contribution in [3.05, 3.63) is 103 Å². The number of para-hydroxylation sites is 2. The Morgan fingerprint density at radius 2 is 1.37 bits per heavy atom. The van der Waals surface area contributed by atoms with Crippen LogP contribution < -0.4 is 4.90 Å². The first kappa shape index (κ1) is 27.9. The van der Waals surface area contributed by atoms with E-state index in [-0.39, 0.29) is 0 Å². The average molecular weight is 560 g/mol. The van der Waals surface area contributed by atoms with E-state index in [4.69, 9.17) is 14.9 Å². The van der Waals surface area contributed by atoms with Gasteiger partial charge in [0.2, 0.25) is 0 Å². The Hall–Kier alpha value is -4.70. The van der Waals surface area contributed by atoms with E-state index in [0.29, 0.717) is 0 Å². The molecule has 0 atom stereocenters. The van der Waals surface area contributed by atoms with Crippen LogP contribution in [0.5, 0.6) is 0 Å². The highest BCUT2D eigenvalue weighted by molar-refractivity contribution is 5.79. The van der Waals surface area contributed by atoms with Crippen molar-refractivity contribution in [2.24, 2.45) is 0 Å². The fraction of sp³-hybridized carbons (Fsp3) is 0.194. The highest BCUT2D eigenvalue weighted by atomic mass is 19.4. The molecule has 3 aromatic carbocycles. The van der Waals surface area contributed by atoms with E-state index in [1.54, 1.807) is 0 Å². The van der Waals surface area contributed by atoms with Crippen LogP contribution in [0.25, 0.3) is 33.5 Å². The maximum atomic E-state index is 10.6. The summed E-state index contributed by atoms with van der Waals surface area (Å²) in [6, 6.07) is 30.0. The first-order valence-corrected chi connectivity index (χ1v) is 13.1. The molecule has 5 aromatic rings. The number of anilines is 1. The van der Waals surface area contributed by atoms with E-state index in [2.05, 4.69) is 86.5 Å². The zero-order valence-corrected chi connectivity index (χ0v) is 22.1. The van der Waals surface area contributed by atoms with Crippen molar-refractivity contribution in [1.29, 1.82) is 0 Å². The molecule has 0 radical (unpaired) electrons. The minimum absolute atomic E-state index is 0.909. The number of halogens is 3. The first-order chi connectivity index (χ1) is 19.8. The van der Waals surface area contributed by atoms with E-state index in [9.17, 15) is 13.2 Å². The molecule has 7 nitrogen and oxygen atoms in total. The molecule has 1 saturated heterocycles. The monoisotopic (exact) mass is 559 g/mol. The number of carboxylic acids is 1. The minimum Gasteiger partial charge on any atom is -0.475 e. The molecule has 1 aliphatic heterocycles. The summed E-state index contributed by atoms with van der Waals surface area (Å²) in [5.74, 6) is -1.85. The molecule has 0 unspecified atom stereocenters. The minimum atomic E-state index is -5.08. The van der Waals surface area contributed by atoms with E-state index >= 15 is 0 Å². The van der Waals surface area contributed by atoms with Gasteiger partial charge in [-0.25, -0.2) is 9.78 Å². The lowest BCUT2D eigenvalue weighted by molar-refractivity contribution is -0.192. The zero-order chi connectivity index (χ0) is 28.8. The lowest BCUT2D eigenvalue weighted by atomic mass is 10.0. The van der Waals surface area contributed by atoms with Crippen LogP contribution in [0.3, 0.4) is 0 Å². The molecular formula is C31H28F3N5O2. The number of H-pyrrole nitrogens is 1. The van der Waals surface area contributed by atoms with Crippen LogP contribution in [0.4, 0.5) is 18.9 Å². The molecule has 2 N–H and O–H groups in total. The third-order valence-corrected chi connectivity index (χ3v) is 6.88. The summed E-state index contributed by atoms with van der Waals surface area (Å²) in [7, 11) is 0. The second-order valence-electron chi connectivity index (χ2n) is 9.65. The lowest BCUT2D eigenvalue weighted by Crippen LogP contribution is -2.45. The number of aliphatic carboxylic acids is 1. The van der Waals surface area contributed by atoms with E-state index in [1.807, 2.05) is 30.6 Å². The fourth-order valence-electron chi connectivity index (χ4n) is 4.69. The van der Waals surface area contributed by atoms with Crippen molar-refractivity contribution in [2.45, 2.75) is 12.7 Å². The van der Waals surface area contributed by atoms with Crippen LogP contribution in [0, 0.1) is 0 Å². The Balaban J connectivity index is 0.000000431. The molecule has 0 spiro atoms. The van der Waals surface area contributed by atoms with Crippen LogP contribution >= 0.6 is 0 Å². The molecule has 1 aliphatic rings. The molecular weight excluding hydrogens is 531 g/mol. The van der Waals surface area contributed by atoms with Crippen molar-refractivity contribution in [1.82, 2.24) is 19.9 Å². The smallest absolute Gasteiger partial charge is 0.475 e. The summed E-state index contributed by atoms with van der Waals surface area (Å²) >= 11 is 0. The zero-order valence-electron chi connectivity index (χ0n) is 22.1. The molecule has 3 heterocycles. The van der Waals surface area contributed by atoms with Gasteiger partial charge in [-0.1, -0.05) is 60.7 Å². The number of hydrogen-bond donors (Lipinski definition) is 2. The van der Waals surface area contributed by atoms with Gasteiger partial charge in [-0.15, -0.1) is 0 Å². The number of imidazole rings is 1. The Morgan fingerprint density at radius 3 is 1.95 bits per heavy atom. The standard InChI is InChI=1S/C29H27N5.C2HF3O2/c1-2-4-28-27(3-1)31-29(32-28)25-11-9-24(10-12-25)23-7-5-22(6-8-23)21-33-17-19-34(20-18-33)26-13-15-30-16-14-26;3-2(4,5)1(6)7/h1-16H,17-21H2,(H,31,32);(H,6,7). The molecule has 41 heavy (non-hydrogen) atoms. The number of fused-ring (bicyclic) bond motifs is 1. The number of aromatic amines is 1. The summed E-state index contributed by atoms with van der Waals surface area (Å²) < 4.78 is 31.7. The van der Waals surface area contributed by atoms with Crippen molar-refractivity contribution >= 4 is 22.7 Å². The summed E-state index contributed by atoms with van der Waals surface area (Å²) in [6.45, 7) is 5.26. The molecule has 210 valence electrons. The predicted molar refractivity (Wildman–Crippen MR) is 152 cm³/mol. The predicted octanol–water partition coefficient (Wildman–Crippen LogP) is 6.25. The quantitative estimate of drug-likeness (QED) is 0.265. The van der Waals surface area contributed by atoms with Gasteiger partial charge in [0.1, 0.15) is 5.82 Å². The number of nitrogens with one attached hydrogen (secondary N) is 1. The highest BCUT2D eigenvalue weighted by Gasteiger charge is 2.38. The van der Waals surface area contributed by atoms with Gasteiger partial charge in [0.05, 0.1) is 11.0 Å². The number of piperazine rings is 1. The molecule has 0 bridgehead atoms. The van der Waals surface area contributed by atoms with E-state index in [0.717, 1.165) is 55.1 Å². The SMILES string of the molecule is O=C(O)C(F)(F)F.c1ccc2[nH]c(-c3ccc(-c4ccc(CN5CCN(c6ccncc6)CC5)cc4)cc3)nc2c1. The Bertz CT molecular complexity index is 1550. The number of carboxylic acid groups (broad SMARTS) is 1. The lowest BCUT2D eigenvalue weighted by Gasteiger charge is -2.36. The molecule has 0 amide bonds. The van der Waals surface area contributed by atoms with Gasteiger partial charge in [-0.05, 0) is 41.0 Å². The number of carbonyl (C=O) groups is 1. The second-order valence-corrected chi connectivity index (χ2v) is 9.65. The van der Waals surface area contributed by atoms with Crippen molar-refractivity contribution in [2.75, 3.05) is 31.1 Å². The van der Waals surface area contributed by atoms with Gasteiger partial charge in [0, 0.05) is 56.4 Å². The van der Waals surface area contributed by atoms with Crippen molar-refractivity contribution < 1.29 is 23.1 Å². The summed E-state index contributed by atoms with van der Waals surface area (Å²) in [4.78, 5) is 26.1. The number of rotatable bonds is 5. The molecule has 1 fully saturated rings. The molecule has 2 aromatic heterocycles. The topological polar surface area (TPSA) is 85.4 Å². The number of aromatic nitrogens is 3.